The maximum atomic E-state index is 5.42. The fraction of sp³-hybridized carbons (Fsp3) is 0.417. The summed E-state index contributed by atoms with van der Waals surface area (Å²) in [6, 6.07) is 10.1. The third-order valence-corrected chi connectivity index (χ3v) is 1.86. The lowest BCUT2D eigenvalue weighted by atomic mass is 10.2. The van der Waals surface area contributed by atoms with Gasteiger partial charge in [-0.3, -0.25) is 0 Å². The largest absolute Gasteiger partial charge is 0.377 e. The Bertz CT molecular complexity index is 236. The van der Waals surface area contributed by atoms with Crippen molar-refractivity contribution in [2.45, 2.75) is 6.61 Å². The molecule has 1 rings (SSSR count). The second-order valence-corrected chi connectivity index (χ2v) is 3.06. The molecular formula is C12H17O3. The van der Waals surface area contributed by atoms with Gasteiger partial charge in [-0.2, -0.15) is 0 Å². The van der Waals surface area contributed by atoms with Crippen LogP contribution < -0.4 is 0 Å². The summed E-state index contributed by atoms with van der Waals surface area (Å²) in [5.74, 6) is 0. The summed E-state index contributed by atoms with van der Waals surface area (Å²) < 4.78 is 15.2. The fourth-order valence-electron chi connectivity index (χ4n) is 1.10. The molecule has 0 spiro atoms. The zero-order valence-electron chi connectivity index (χ0n) is 8.85. The zero-order chi connectivity index (χ0) is 10.8. The molecule has 0 atom stereocenters. The summed E-state index contributed by atoms with van der Waals surface area (Å²) in [4.78, 5) is 0. The van der Waals surface area contributed by atoms with E-state index in [4.69, 9.17) is 9.47 Å². The van der Waals surface area contributed by atoms with E-state index in [0.29, 0.717) is 33.0 Å². The number of ether oxygens (including phenoxy) is 3. The van der Waals surface area contributed by atoms with E-state index in [9.17, 15) is 0 Å². The van der Waals surface area contributed by atoms with Gasteiger partial charge in [-0.25, -0.2) is 0 Å². The van der Waals surface area contributed by atoms with Gasteiger partial charge >= 0.3 is 0 Å². The van der Waals surface area contributed by atoms with Crippen molar-refractivity contribution < 1.29 is 14.2 Å². The molecule has 0 aliphatic heterocycles. The number of benzene rings is 1. The molecule has 3 heteroatoms. The van der Waals surface area contributed by atoms with Crippen LogP contribution in [0.2, 0.25) is 0 Å². The molecule has 83 valence electrons. The average molecular weight is 209 g/mol. The second-order valence-electron chi connectivity index (χ2n) is 3.06. The first-order chi connectivity index (χ1) is 7.43. The molecule has 0 N–H and O–H groups in total. The van der Waals surface area contributed by atoms with Gasteiger partial charge in [0.1, 0.15) is 0 Å². The van der Waals surface area contributed by atoms with E-state index in [0.717, 1.165) is 0 Å². The maximum absolute atomic E-state index is 5.42. The minimum absolute atomic E-state index is 0.526. The van der Waals surface area contributed by atoms with Gasteiger partial charge in [0.15, 0.2) is 0 Å². The van der Waals surface area contributed by atoms with Crippen LogP contribution in [0, 0.1) is 7.11 Å². The van der Waals surface area contributed by atoms with E-state index in [2.05, 4.69) is 11.8 Å². The first-order valence-corrected chi connectivity index (χ1v) is 5.00. The van der Waals surface area contributed by atoms with Gasteiger partial charge in [0.05, 0.1) is 40.1 Å². The lowest BCUT2D eigenvalue weighted by Gasteiger charge is -2.05. The molecule has 1 aromatic carbocycles. The lowest BCUT2D eigenvalue weighted by Crippen LogP contribution is -2.07. The first-order valence-electron chi connectivity index (χ1n) is 5.00. The number of hydrogen-bond acceptors (Lipinski definition) is 3. The predicted molar refractivity (Wildman–Crippen MR) is 58.2 cm³/mol. The SMILES string of the molecule is [CH2]OCCOCCOCc1ccccc1. The highest BCUT2D eigenvalue weighted by molar-refractivity contribution is 5.13. The molecule has 0 aromatic heterocycles. The Labute approximate surface area is 91.0 Å². The smallest absolute Gasteiger partial charge is 0.0718 e. The van der Waals surface area contributed by atoms with Crippen molar-refractivity contribution in [2.75, 3.05) is 26.4 Å². The van der Waals surface area contributed by atoms with Crippen LogP contribution in [0.5, 0.6) is 0 Å². The van der Waals surface area contributed by atoms with Gasteiger partial charge < -0.3 is 14.2 Å². The van der Waals surface area contributed by atoms with Crippen LogP contribution in [-0.4, -0.2) is 26.4 Å². The third kappa shape index (κ3) is 6.23. The molecule has 0 fully saturated rings. The van der Waals surface area contributed by atoms with Crippen LogP contribution in [0.25, 0.3) is 0 Å². The van der Waals surface area contributed by atoms with Crippen LogP contribution in [-0.2, 0) is 20.8 Å². The minimum atomic E-state index is 0.526. The highest BCUT2D eigenvalue weighted by atomic mass is 16.5. The van der Waals surface area contributed by atoms with Gasteiger partial charge in [-0.05, 0) is 5.56 Å². The molecule has 0 aliphatic rings. The standard InChI is InChI=1S/C12H17O3/c1-13-7-8-14-9-10-15-11-12-5-3-2-4-6-12/h2-6H,1,7-11H2. The predicted octanol–water partition coefficient (Wildman–Crippen LogP) is 2.03. The fourth-order valence-corrected chi connectivity index (χ4v) is 1.10. The molecule has 0 aliphatic carbocycles. The van der Waals surface area contributed by atoms with E-state index >= 15 is 0 Å². The molecule has 0 bridgehead atoms. The van der Waals surface area contributed by atoms with Crippen LogP contribution in [0.3, 0.4) is 0 Å². The lowest BCUT2D eigenvalue weighted by molar-refractivity contribution is 0.0244. The quantitative estimate of drug-likeness (QED) is 0.613. The molecule has 1 aromatic rings. The van der Waals surface area contributed by atoms with E-state index in [1.54, 1.807) is 0 Å². The topological polar surface area (TPSA) is 27.7 Å². The summed E-state index contributed by atoms with van der Waals surface area (Å²) in [5.41, 5.74) is 1.18. The Kier molecular flexibility index (Phi) is 6.83. The van der Waals surface area contributed by atoms with Gasteiger partial charge in [0, 0.05) is 0 Å². The van der Waals surface area contributed by atoms with E-state index in [-0.39, 0.29) is 0 Å². The highest BCUT2D eigenvalue weighted by Crippen LogP contribution is 1.99. The Morgan fingerprint density at radius 2 is 1.53 bits per heavy atom. The van der Waals surface area contributed by atoms with Gasteiger partial charge in [0.25, 0.3) is 0 Å². The molecular weight excluding hydrogens is 192 g/mol. The van der Waals surface area contributed by atoms with Crippen molar-refractivity contribution in [3.8, 4) is 0 Å². The van der Waals surface area contributed by atoms with E-state index < -0.39 is 0 Å². The molecule has 0 unspecified atom stereocenters. The molecule has 0 saturated carbocycles. The highest BCUT2D eigenvalue weighted by Gasteiger charge is 1.92. The second kappa shape index (κ2) is 8.41. The Hall–Kier alpha value is -0.900. The number of rotatable bonds is 8. The summed E-state index contributed by atoms with van der Waals surface area (Å²) >= 11 is 0. The Morgan fingerprint density at radius 3 is 2.27 bits per heavy atom. The average Bonchev–Trinajstić information content (AvgIpc) is 2.29. The third-order valence-electron chi connectivity index (χ3n) is 1.86. The van der Waals surface area contributed by atoms with Gasteiger partial charge in [-0.1, -0.05) is 30.3 Å². The van der Waals surface area contributed by atoms with E-state index in [1.807, 2.05) is 30.3 Å². The molecule has 0 heterocycles. The maximum Gasteiger partial charge on any atom is 0.0718 e. The molecule has 3 nitrogen and oxygen atoms in total. The molecule has 0 amide bonds. The van der Waals surface area contributed by atoms with Crippen molar-refractivity contribution >= 4 is 0 Å². The Morgan fingerprint density at radius 1 is 0.867 bits per heavy atom. The molecule has 0 saturated heterocycles. The van der Waals surface area contributed by atoms with Crippen molar-refractivity contribution in [3.05, 3.63) is 43.0 Å². The van der Waals surface area contributed by atoms with E-state index in [1.165, 1.54) is 5.56 Å². The van der Waals surface area contributed by atoms with Gasteiger partial charge in [-0.15, -0.1) is 0 Å². The van der Waals surface area contributed by atoms with Crippen LogP contribution >= 0.6 is 0 Å². The molecule has 15 heavy (non-hydrogen) atoms. The first kappa shape index (κ1) is 12.2. The van der Waals surface area contributed by atoms with Gasteiger partial charge in [0.2, 0.25) is 0 Å². The van der Waals surface area contributed by atoms with Crippen LogP contribution in [0.15, 0.2) is 30.3 Å². The van der Waals surface area contributed by atoms with Crippen molar-refractivity contribution in [3.63, 3.8) is 0 Å². The molecule has 1 radical (unpaired) electrons. The normalized spacial score (nSPS) is 10.5. The monoisotopic (exact) mass is 209 g/mol. The van der Waals surface area contributed by atoms with Crippen LogP contribution in [0.4, 0.5) is 0 Å². The number of hydrogen-bond donors (Lipinski definition) is 0. The Balaban J connectivity index is 1.93. The zero-order valence-corrected chi connectivity index (χ0v) is 8.85. The van der Waals surface area contributed by atoms with Crippen molar-refractivity contribution in [1.82, 2.24) is 0 Å². The summed E-state index contributed by atoms with van der Waals surface area (Å²) in [7, 11) is 3.25. The summed E-state index contributed by atoms with van der Waals surface area (Å²) in [6.07, 6.45) is 0. The van der Waals surface area contributed by atoms with Crippen molar-refractivity contribution in [1.29, 1.82) is 0 Å². The minimum Gasteiger partial charge on any atom is -0.377 e. The van der Waals surface area contributed by atoms with Crippen LogP contribution in [0.1, 0.15) is 5.56 Å². The summed E-state index contributed by atoms with van der Waals surface area (Å²) in [5, 5.41) is 0. The summed E-state index contributed by atoms with van der Waals surface area (Å²) in [6.45, 7) is 2.93. The van der Waals surface area contributed by atoms with Crippen molar-refractivity contribution in [2.24, 2.45) is 0 Å².